The Kier molecular flexibility index (Phi) is 22.3. The first kappa shape index (κ1) is 27.3. The lowest BCUT2D eigenvalue weighted by Gasteiger charge is -2.27. The third-order valence-corrected chi connectivity index (χ3v) is 4.95. The van der Waals surface area contributed by atoms with Crippen LogP contribution in [0.25, 0.3) is 0 Å². The van der Waals surface area contributed by atoms with E-state index in [9.17, 15) is 0 Å². The van der Waals surface area contributed by atoms with Gasteiger partial charge >= 0.3 is 0 Å². The van der Waals surface area contributed by atoms with E-state index < -0.39 is 0 Å². The van der Waals surface area contributed by atoms with E-state index in [-0.39, 0.29) is 12.4 Å². The molecule has 0 aliphatic rings. The second-order valence-electron chi connectivity index (χ2n) is 7.90. The number of nitrogens with zero attached hydrogens (tertiary/aromatic N) is 1. The van der Waals surface area contributed by atoms with Crippen molar-refractivity contribution in [3.63, 3.8) is 0 Å². The van der Waals surface area contributed by atoms with Crippen LogP contribution in [0.2, 0.25) is 0 Å². The summed E-state index contributed by atoms with van der Waals surface area (Å²) < 4.78 is 1.00. The number of hydrogen-bond donors (Lipinski definition) is 0. The summed E-state index contributed by atoms with van der Waals surface area (Å²) in [7, 11) is 4.54. The minimum atomic E-state index is 0. The summed E-state index contributed by atoms with van der Waals surface area (Å²) in [4.78, 5) is 0. The van der Waals surface area contributed by atoms with Gasteiger partial charge in [0.1, 0.15) is 6.54 Å². The number of halogens is 2. The molecular formula is C22H43Cl2N. The second kappa shape index (κ2) is 20.4. The summed E-state index contributed by atoms with van der Waals surface area (Å²) in [5.41, 5.74) is 0. The Bertz CT molecular complexity index is 318. The van der Waals surface area contributed by atoms with E-state index in [1.807, 2.05) is 0 Å². The predicted molar refractivity (Wildman–Crippen MR) is 111 cm³/mol. The summed E-state index contributed by atoms with van der Waals surface area (Å²) in [6.45, 7) is 4.44. The van der Waals surface area contributed by atoms with Crippen LogP contribution in [-0.2, 0) is 0 Å². The van der Waals surface area contributed by atoms with E-state index in [0.717, 1.165) is 11.0 Å². The van der Waals surface area contributed by atoms with Gasteiger partial charge in [-0.25, -0.2) is 0 Å². The SMILES string of the molecule is CCCCCCCCCCCCCCCC[N+](C)(C)CC#CCCl.[Cl-]. The van der Waals surface area contributed by atoms with Gasteiger partial charge < -0.3 is 16.9 Å². The molecule has 0 unspecified atom stereocenters. The van der Waals surface area contributed by atoms with E-state index in [1.165, 1.54) is 96.4 Å². The molecule has 0 aromatic rings. The van der Waals surface area contributed by atoms with E-state index in [0.29, 0.717) is 5.88 Å². The van der Waals surface area contributed by atoms with E-state index in [1.54, 1.807) is 0 Å². The Hall–Kier alpha value is 0.100. The van der Waals surface area contributed by atoms with Gasteiger partial charge in [0, 0.05) is 0 Å². The van der Waals surface area contributed by atoms with Crippen LogP contribution in [-0.4, -0.2) is 37.5 Å². The van der Waals surface area contributed by atoms with Gasteiger partial charge in [0.15, 0.2) is 0 Å². The summed E-state index contributed by atoms with van der Waals surface area (Å²) in [6, 6.07) is 0. The second-order valence-corrected chi connectivity index (χ2v) is 8.17. The fraction of sp³-hybridized carbons (Fsp3) is 0.909. The highest BCUT2D eigenvalue weighted by atomic mass is 35.5. The first-order chi connectivity index (χ1) is 11.6. The zero-order valence-corrected chi connectivity index (χ0v) is 18.7. The molecule has 3 heteroatoms. The van der Waals surface area contributed by atoms with Crippen molar-refractivity contribution in [2.75, 3.05) is 33.1 Å². The summed E-state index contributed by atoms with van der Waals surface area (Å²) in [6.07, 6.45) is 20.0. The van der Waals surface area contributed by atoms with Gasteiger partial charge in [0.05, 0.1) is 26.5 Å². The highest BCUT2D eigenvalue weighted by Crippen LogP contribution is 2.13. The van der Waals surface area contributed by atoms with Crippen molar-refractivity contribution in [2.24, 2.45) is 0 Å². The normalized spacial score (nSPS) is 10.9. The van der Waals surface area contributed by atoms with Gasteiger partial charge in [-0.1, -0.05) is 89.9 Å². The Morgan fingerprint density at radius 1 is 0.640 bits per heavy atom. The maximum Gasteiger partial charge on any atom is 0.140 e. The molecule has 0 saturated carbocycles. The van der Waals surface area contributed by atoms with Gasteiger partial charge in [0.2, 0.25) is 0 Å². The fourth-order valence-electron chi connectivity index (χ4n) is 3.13. The lowest BCUT2D eigenvalue weighted by molar-refractivity contribution is -0.883. The molecule has 0 rings (SSSR count). The molecule has 0 saturated heterocycles. The Morgan fingerprint density at radius 2 is 1.04 bits per heavy atom. The molecule has 0 aliphatic heterocycles. The van der Waals surface area contributed by atoms with Crippen LogP contribution < -0.4 is 12.4 Å². The van der Waals surface area contributed by atoms with Crippen molar-refractivity contribution in [1.82, 2.24) is 0 Å². The van der Waals surface area contributed by atoms with Crippen molar-refractivity contribution in [3.8, 4) is 11.8 Å². The van der Waals surface area contributed by atoms with E-state index in [4.69, 9.17) is 11.6 Å². The fourth-order valence-corrected chi connectivity index (χ4v) is 3.23. The highest BCUT2D eigenvalue weighted by Gasteiger charge is 2.11. The average molecular weight is 392 g/mol. The zero-order valence-electron chi connectivity index (χ0n) is 17.2. The largest absolute Gasteiger partial charge is 1.00 e. The predicted octanol–water partition coefficient (Wildman–Crippen LogP) is 3.79. The molecule has 25 heavy (non-hydrogen) atoms. The van der Waals surface area contributed by atoms with Crippen molar-refractivity contribution < 1.29 is 16.9 Å². The van der Waals surface area contributed by atoms with Gasteiger partial charge in [0.25, 0.3) is 0 Å². The Balaban J connectivity index is 0. The maximum atomic E-state index is 5.59. The molecule has 0 aliphatic carbocycles. The standard InChI is InChI=1S/C22H43ClN.ClH/c1-4-5-6-7-8-9-10-11-12-13-14-15-16-18-21-24(2,3)22-19-17-20-23;/h4-16,18,20-22H2,1-3H3;1H/q+1;/p-1. The van der Waals surface area contributed by atoms with Crippen molar-refractivity contribution in [1.29, 1.82) is 0 Å². The number of rotatable bonds is 16. The minimum absolute atomic E-state index is 0. The molecule has 0 amide bonds. The minimum Gasteiger partial charge on any atom is -1.00 e. The third kappa shape index (κ3) is 22.1. The van der Waals surface area contributed by atoms with Crippen molar-refractivity contribution in [3.05, 3.63) is 0 Å². The van der Waals surface area contributed by atoms with Crippen LogP contribution in [0.1, 0.15) is 96.8 Å². The van der Waals surface area contributed by atoms with E-state index >= 15 is 0 Å². The van der Waals surface area contributed by atoms with Crippen LogP contribution in [0.4, 0.5) is 0 Å². The number of unbranched alkanes of at least 4 members (excludes halogenated alkanes) is 13. The quantitative estimate of drug-likeness (QED) is 0.162. The van der Waals surface area contributed by atoms with Crippen LogP contribution in [0.3, 0.4) is 0 Å². The number of hydrogen-bond acceptors (Lipinski definition) is 0. The highest BCUT2D eigenvalue weighted by molar-refractivity contribution is 6.19. The zero-order chi connectivity index (χ0) is 17.9. The lowest BCUT2D eigenvalue weighted by atomic mass is 10.0. The van der Waals surface area contributed by atoms with Crippen LogP contribution >= 0.6 is 11.6 Å². The summed E-state index contributed by atoms with van der Waals surface area (Å²) >= 11 is 5.59. The molecule has 0 spiro atoms. The summed E-state index contributed by atoms with van der Waals surface area (Å²) in [5.74, 6) is 6.58. The molecule has 1 nitrogen and oxygen atoms in total. The summed E-state index contributed by atoms with van der Waals surface area (Å²) in [5, 5.41) is 0. The first-order valence-corrected chi connectivity index (χ1v) is 11.0. The van der Waals surface area contributed by atoms with Crippen LogP contribution in [0.15, 0.2) is 0 Å². The molecule has 0 heterocycles. The smallest absolute Gasteiger partial charge is 0.140 e. The molecule has 0 aromatic carbocycles. The Morgan fingerprint density at radius 3 is 1.44 bits per heavy atom. The molecule has 0 radical (unpaired) electrons. The number of alkyl halides is 1. The molecule has 150 valence electrons. The average Bonchev–Trinajstić information content (AvgIpc) is 2.55. The topological polar surface area (TPSA) is 0 Å². The van der Waals surface area contributed by atoms with Crippen LogP contribution in [0.5, 0.6) is 0 Å². The van der Waals surface area contributed by atoms with Gasteiger partial charge in [-0.2, -0.15) is 0 Å². The van der Waals surface area contributed by atoms with Gasteiger partial charge in [-0.15, -0.1) is 11.6 Å². The maximum absolute atomic E-state index is 5.59. The van der Waals surface area contributed by atoms with Crippen molar-refractivity contribution in [2.45, 2.75) is 96.8 Å². The van der Waals surface area contributed by atoms with Crippen LogP contribution in [0, 0.1) is 11.8 Å². The van der Waals surface area contributed by atoms with Gasteiger partial charge in [-0.3, -0.25) is 0 Å². The monoisotopic (exact) mass is 391 g/mol. The lowest BCUT2D eigenvalue weighted by Crippen LogP contribution is -3.00. The number of quaternary nitrogens is 1. The Labute approximate surface area is 170 Å². The van der Waals surface area contributed by atoms with E-state index in [2.05, 4.69) is 32.9 Å². The third-order valence-electron chi connectivity index (χ3n) is 4.82. The molecular weight excluding hydrogens is 349 g/mol. The molecule has 0 N–H and O–H groups in total. The molecule has 0 atom stereocenters. The molecule has 0 bridgehead atoms. The molecule has 0 fully saturated rings. The van der Waals surface area contributed by atoms with Gasteiger partial charge in [-0.05, 0) is 18.8 Å². The first-order valence-electron chi connectivity index (χ1n) is 10.5. The molecule has 0 aromatic heterocycles. The van der Waals surface area contributed by atoms with Crippen molar-refractivity contribution >= 4 is 11.6 Å².